The van der Waals surface area contributed by atoms with E-state index in [-0.39, 0.29) is 0 Å². The molecule has 16 heavy (non-hydrogen) atoms. The fraction of sp³-hybridized carbons (Fsp3) is 0.692. The molecule has 2 rings (SSSR count). The molecule has 0 aliphatic carbocycles. The van der Waals surface area contributed by atoms with Gasteiger partial charge in [-0.25, -0.2) is 0 Å². The van der Waals surface area contributed by atoms with Gasteiger partial charge in [-0.3, -0.25) is 4.90 Å². The first-order valence-corrected chi connectivity index (χ1v) is 7.08. The van der Waals surface area contributed by atoms with Crippen molar-refractivity contribution in [2.45, 2.75) is 38.8 Å². The maximum atomic E-state index is 3.24. The minimum absolute atomic E-state index is 0.599. The molecule has 1 aromatic heterocycles. The van der Waals surface area contributed by atoms with E-state index in [0.717, 1.165) is 6.54 Å². The van der Waals surface area contributed by atoms with Gasteiger partial charge in [0.25, 0.3) is 0 Å². The second kappa shape index (κ2) is 5.30. The van der Waals surface area contributed by atoms with Gasteiger partial charge in [0.15, 0.2) is 0 Å². The molecule has 2 nitrogen and oxygen atoms in total. The van der Waals surface area contributed by atoms with Crippen LogP contribution in [-0.4, -0.2) is 31.1 Å². The van der Waals surface area contributed by atoms with Gasteiger partial charge in [-0.05, 0) is 57.3 Å². The summed E-state index contributed by atoms with van der Waals surface area (Å²) >= 11 is 1.92. The van der Waals surface area contributed by atoms with E-state index in [1.165, 1.54) is 19.4 Å². The van der Waals surface area contributed by atoms with E-state index in [0.29, 0.717) is 12.1 Å². The fourth-order valence-corrected chi connectivity index (χ4v) is 3.61. The Morgan fingerprint density at radius 2 is 2.44 bits per heavy atom. The van der Waals surface area contributed by atoms with Crippen LogP contribution in [0.5, 0.6) is 0 Å². The van der Waals surface area contributed by atoms with Gasteiger partial charge in [0, 0.05) is 23.5 Å². The van der Waals surface area contributed by atoms with Crippen molar-refractivity contribution >= 4 is 11.3 Å². The molecule has 1 aromatic rings. The molecule has 0 saturated heterocycles. The predicted molar refractivity (Wildman–Crippen MR) is 71.1 cm³/mol. The molecule has 2 heterocycles. The number of rotatable bonds is 4. The van der Waals surface area contributed by atoms with Gasteiger partial charge in [0.05, 0.1) is 0 Å². The van der Waals surface area contributed by atoms with Crippen LogP contribution in [0, 0.1) is 0 Å². The lowest BCUT2D eigenvalue weighted by atomic mass is 9.99. The van der Waals surface area contributed by atoms with Gasteiger partial charge in [-0.2, -0.15) is 0 Å². The molecule has 0 radical (unpaired) electrons. The zero-order chi connectivity index (χ0) is 11.5. The molecule has 0 spiro atoms. The average molecular weight is 238 g/mol. The highest BCUT2D eigenvalue weighted by Gasteiger charge is 2.27. The summed E-state index contributed by atoms with van der Waals surface area (Å²) < 4.78 is 0. The third kappa shape index (κ3) is 2.31. The van der Waals surface area contributed by atoms with Crippen LogP contribution in [0.1, 0.15) is 36.8 Å². The van der Waals surface area contributed by atoms with Crippen molar-refractivity contribution in [1.29, 1.82) is 0 Å². The van der Waals surface area contributed by atoms with Gasteiger partial charge < -0.3 is 5.32 Å². The normalized spacial score (nSPS) is 23.1. The van der Waals surface area contributed by atoms with Gasteiger partial charge in [-0.1, -0.05) is 0 Å². The van der Waals surface area contributed by atoms with Crippen LogP contribution in [0.3, 0.4) is 0 Å². The summed E-state index contributed by atoms with van der Waals surface area (Å²) in [4.78, 5) is 4.25. The van der Waals surface area contributed by atoms with Crippen molar-refractivity contribution in [1.82, 2.24) is 10.2 Å². The van der Waals surface area contributed by atoms with Crippen molar-refractivity contribution in [2.75, 3.05) is 20.1 Å². The van der Waals surface area contributed by atoms with Crippen LogP contribution in [0.4, 0.5) is 0 Å². The molecule has 0 aromatic carbocycles. The Morgan fingerprint density at radius 3 is 3.19 bits per heavy atom. The fourth-order valence-electron chi connectivity index (χ4n) is 2.65. The van der Waals surface area contributed by atoms with Crippen molar-refractivity contribution in [2.24, 2.45) is 0 Å². The third-order valence-electron chi connectivity index (χ3n) is 3.70. The summed E-state index contributed by atoms with van der Waals surface area (Å²) in [7, 11) is 2.03. The molecular formula is C13H22N2S. The zero-order valence-electron chi connectivity index (χ0n) is 10.5. The Balaban J connectivity index is 2.03. The van der Waals surface area contributed by atoms with E-state index in [2.05, 4.69) is 35.5 Å². The maximum Gasteiger partial charge on any atom is 0.0333 e. The van der Waals surface area contributed by atoms with Gasteiger partial charge in [0.2, 0.25) is 0 Å². The van der Waals surface area contributed by atoms with E-state index in [9.17, 15) is 0 Å². The molecule has 0 amide bonds. The van der Waals surface area contributed by atoms with Gasteiger partial charge in [0.1, 0.15) is 0 Å². The lowest BCUT2D eigenvalue weighted by Gasteiger charge is -2.38. The number of hydrogen-bond acceptors (Lipinski definition) is 3. The topological polar surface area (TPSA) is 15.3 Å². The molecule has 90 valence electrons. The number of fused-ring (bicyclic) bond motifs is 1. The lowest BCUT2D eigenvalue weighted by molar-refractivity contribution is 0.138. The third-order valence-corrected chi connectivity index (χ3v) is 4.70. The van der Waals surface area contributed by atoms with E-state index in [4.69, 9.17) is 0 Å². The van der Waals surface area contributed by atoms with E-state index < -0.39 is 0 Å². The summed E-state index contributed by atoms with van der Waals surface area (Å²) in [5.41, 5.74) is 1.56. The molecule has 0 fully saturated rings. The molecule has 1 aliphatic rings. The first-order valence-electron chi connectivity index (χ1n) is 6.20. The summed E-state index contributed by atoms with van der Waals surface area (Å²) in [5, 5.41) is 5.48. The summed E-state index contributed by atoms with van der Waals surface area (Å²) in [6, 6.07) is 3.58. The van der Waals surface area contributed by atoms with Gasteiger partial charge in [-0.15, -0.1) is 11.3 Å². The second-order valence-electron chi connectivity index (χ2n) is 4.70. The van der Waals surface area contributed by atoms with Crippen molar-refractivity contribution in [3.8, 4) is 0 Å². The highest BCUT2D eigenvalue weighted by molar-refractivity contribution is 7.10. The van der Waals surface area contributed by atoms with E-state index >= 15 is 0 Å². The summed E-state index contributed by atoms with van der Waals surface area (Å²) in [5.74, 6) is 0. The SMILES string of the molecule is CNCCC(C)N1CCc2sccc2C1C. The molecule has 1 aliphatic heterocycles. The van der Waals surface area contributed by atoms with Crippen LogP contribution in [0.2, 0.25) is 0 Å². The Labute approximate surface area is 103 Å². The van der Waals surface area contributed by atoms with Crippen LogP contribution in [0.15, 0.2) is 11.4 Å². The van der Waals surface area contributed by atoms with Crippen LogP contribution >= 0.6 is 11.3 Å². The van der Waals surface area contributed by atoms with Crippen molar-refractivity contribution in [3.05, 3.63) is 21.9 Å². The Morgan fingerprint density at radius 1 is 1.62 bits per heavy atom. The first-order chi connectivity index (χ1) is 7.74. The lowest BCUT2D eigenvalue weighted by Crippen LogP contribution is -2.40. The van der Waals surface area contributed by atoms with Crippen LogP contribution in [0.25, 0.3) is 0 Å². The molecule has 0 bridgehead atoms. The maximum absolute atomic E-state index is 3.24. The average Bonchev–Trinajstić information content (AvgIpc) is 2.75. The molecule has 2 unspecified atom stereocenters. The smallest absolute Gasteiger partial charge is 0.0333 e. The van der Waals surface area contributed by atoms with Crippen LogP contribution in [-0.2, 0) is 6.42 Å². The highest BCUT2D eigenvalue weighted by Crippen LogP contribution is 2.34. The van der Waals surface area contributed by atoms with Crippen LogP contribution < -0.4 is 5.32 Å². The second-order valence-corrected chi connectivity index (χ2v) is 5.70. The van der Waals surface area contributed by atoms with Crippen molar-refractivity contribution < 1.29 is 0 Å². The summed E-state index contributed by atoms with van der Waals surface area (Å²) in [6.07, 6.45) is 2.47. The quantitative estimate of drug-likeness (QED) is 0.867. The molecule has 3 heteroatoms. The minimum atomic E-state index is 0.599. The minimum Gasteiger partial charge on any atom is -0.320 e. The predicted octanol–water partition coefficient (Wildman–Crippen LogP) is 2.67. The number of nitrogens with one attached hydrogen (secondary N) is 1. The zero-order valence-corrected chi connectivity index (χ0v) is 11.3. The number of hydrogen-bond donors (Lipinski definition) is 1. The Bertz CT molecular complexity index is 334. The largest absolute Gasteiger partial charge is 0.320 e. The van der Waals surface area contributed by atoms with E-state index in [1.54, 1.807) is 10.4 Å². The standard InChI is InChI=1S/C13H22N2S/c1-10(4-7-14-3)15-8-5-13-12(11(15)2)6-9-16-13/h6,9-11,14H,4-5,7-8H2,1-3H3. The van der Waals surface area contributed by atoms with E-state index in [1.807, 2.05) is 18.4 Å². The number of thiophene rings is 1. The summed E-state index contributed by atoms with van der Waals surface area (Å²) in [6.45, 7) is 7.03. The monoisotopic (exact) mass is 238 g/mol. The molecule has 2 atom stereocenters. The van der Waals surface area contributed by atoms with Gasteiger partial charge >= 0.3 is 0 Å². The Hall–Kier alpha value is -0.380. The molecule has 1 N–H and O–H groups in total. The van der Waals surface area contributed by atoms with Crippen molar-refractivity contribution in [3.63, 3.8) is 0 Å². The molecule has 0 saturated carbocycles. The Kier molecular flexibility index (Phi) is 4.00. The first kappa shape index (κ1) is 12.1. The highest BCUT2D eigenvalue weighted by atomic mass is 32.1. The number of nitrogens with zero attached hydrogens (tertiary/aromatic N) is 1. The molecular weight excluding hydrogens is 216 g/mol.